The summed E-state index contributed by atoms with van der Waals surface area (Å²) in [6.45, 7) is 22.2. The minimum atomic E-state index is -1.10. The lowest BCUT2D eigenvalue weighted by atomic mass is 9.33. The van der Waals surface area contributed by atoms with Gasteiger partial charge in [-0.2, -0.15) is 0 Å². The summed E-state index contributed by atoms with van der Waals surface area (Å²) in [6, 6.07) is 9.68. The molecule has 10 atom stereocenters. The summed E-state index contributed by atoms with van der Waals surface area (Å²) in [5, 5.41) is 26.3. The number of hydrogen-bond donors (Lipinski definition) is 3. The Morgan fingerprint density at radius 2 is 1.56 bits per heavy atom. The molecule has 326 valence electrons. The van der Waals surface area contributed by atoms with Crippen molar-refractivity contribution in [3.05, 3.63) is 71.3 Å². The molecule has 59 heavy (non-hydrogen) atoms. The van der Waals surface area contributed by atoms with E-state index in [0.717, 1.165) is 24.9 Å². The third kappa shape index (κ3) is 7.08. The van der Waals surface area contributed by atoms with Gasteiger partial charge in [0.05, 0.1) is 16.6 Å². The number of alkyl halides is 1. The molecule has 3 N–H and O–H groups in total. The van der Waals surface area contributed by atoms with Crippen LogP contribution in [0.2, 0.25) is 0 Å². The number of esters is 1. The van der Waals surface area contributed by atoms with E-state index >= 15 is 0 Å². The Labute approximate surface area is 356 Å². The van der Waals surface area contributed by atoms with Crippen molar-refractivity contribution in [1.82, 2.24) is 5.32 Å². The second kappa shape index (κ2) is 15.2. The smallest absolute Gasteiger partial charge is 0.315 e. The summed E-state index contributed by atoms with van der Waals surface area (Å²) in [5.41, 5.74) is 3.41. The zero-order chi connectivity index (χ0) is 42.3. The summed E-state index contributed by atoms with van der Waals surface area (Å²) in [7, 11) is 0. The minimum absolute atomic E-state index is 0.0121. The molecule has 0 spiro atoms. The maximum absolute atomic E-state index is 14.8. The molecule has 0 radical (unpaired) electrons. The average Bonchev–Trinajstić information content (AvgIpc) is 3.59. The second-order valence-corrected chi connectivity index (χ2v) is 23.2. The first-order valence-corrected chi connectivity index (χ1v) is 23.8. The van der Waals surface area contributed by atoms with E-state index in [-0.39, 0.29) is 33.8 Å². The van der Waals surface area contributed by atoms with Crippen LogP contribution in [-0.4, -0.2) is 46.1 Å². The van der Waals surface area contributed by atoms with Crippen LogP contribution < -0.4 is 5.32 Å². The van der Waals surface area contributed by atoms with Crippen LogP contribution in [0.3, 0.4) is 0 Å². The number of ether oxygens (including phenoxy) is 1. The number of allylic oxidation sites excluding steroid dienone is 5. The molecule has 0 amide bonds. The minimum Gasteiger partial charge on any atom is -0.460 e. The Hall–Kier alpha value is -2.28. The van der Waals surface area contributed by atoms with E-state index in [1.807, 2.05) is 37.3 Å². The largest absolute Gasteiger partial charge is 0.460 e. The fraction of sp³-hybridized carbons (Fsp3) is 0.755. The van der Waals surface area contributed by atoms with Crippen LogP contribution >= 0.6 is 0 Å². The van der Waals surface area contributed by atoms with Gasteiger partial charge in [0.2, 0.25) is 0 Å². The van der Waals surface area contributed by atoms with Crippen molar-refractivity contribution in [2.75, 3.05) is 13.2 Å². The van der Waals surface area contributed by atoms with Crippen molar-refractivity contribution < 1.29 is 24.1 Å². The van der Waals surface area contributed by atoms with Crippen molar-refractivity contribution in [1.29, 1.82) is 0 Å². The number of aliphatic hydroxyl groups is 2. The molecule has 5 nitrogen and oxygen atoms in total. The van der Waals surface area contributed by atoms with E-state index in [2.05, 4.69) is 65.6 Å². The third-order valence-corrected chi connectivity index (χ3v) is 19.8. The number of carbonyl (C=O) groups is 1. The van der Waals surface area contributed by atoms with Crippen molar-refractivity contribution in [3.8, 4) is 0 Å². The molecular formula is C53H78FNO4. The molecule has 0 saturated heterocycles. The number of hydrogen-bond acceptors (Lipinski definition) is 5. The van der Waals surface area contributed by atoms with E-state index in [0.29, 0.717) is 74.5 Å². The van der Waals surface area contributed by atoms with Crippen molar-refractivity contribution in [2.24, 2.45) is 56.7 Å². The predicted octanol–water partition coefficient (Wildman–Crippen LogP) is 11.8. The standard InChI is InChI=1S/C53H78FNO4/c1-36(2)39-18-25-53(55-33-32-52(58)29-26-47(5,57)27-30-52)31-28-49(7)41(44(39)53)14-15-43-48(6)21-19-40(46(3,4)42(48)20-22-50(43,49)8)38-16-23-51(35-54,24-17-38)45(56)59-34-37-12-10-9-11-13-37/h9-13,16,19,39,41-44,55,57-58H,1,14-15,17-18,20-35H2,2-8H3/t39-,41+,42-,43+,44+,47-,48-,49+,50+,51-,52-,53-/m0/s1. The second-order valence-electron chi connectivity index (χ2n) is 23.2. The number of fused-ring (bicyclic) bond motifs is 7. The number of rotatable bonds is 10. The molecule has 5 fully saturated rings. The van der Waals surface area contributed by atoms with Crippen LogP contribution in [0, 0.1) is 56.7 Å². The summed E-state index contributed by atoms with van der Waals surface area (Å²) < 4.78 is 20.5. The van der Waals surface area contributed by atoms with Gasteiger partial charge in [0.1, 0.15) is 13.3 Å². The maximum atomic E-state index is 14.8. The van der Waals surface area contributed by atoms with Gasteiger partial charge in [-0.1, -0.05) is 89.3 Å². The molecule has 0 bridgehead atoms. The summed E-state index contributed by atoms with van der Waals surface area (Å²) >= 11 is 0. The lowest BCUT2D eigenvalue weighted by molar-refractivity contribution is -0.221. The molecule has 8 rings (SSSR count). The Morgan fingerprint density at radius 3 is 2.22 bits per heavy atom. The monoisotopic (exact) mass is 812 g/mol. The number of halogens is 1. The zero-order valence-corrected chi connectivity index (χ0v) is 37.9. The fourth-order valence-electron chi connectivity index (χ4n) is 16.0. The first-order valence-electron chi connectivity index (χ1n) is 23.8. The normalized spacial score (nSPS) is 45.2. The molecule has 0 aliphatic heterocycles. The molecule has 0 aromatic heterocycles. The van der Waals surface area contributed by atoms with Gasteiger partial charge in [0.25, 0.3) is 0 Å². The van der Waals surface area contributed by atoms with Crippen LogP contribution in [0.25, 0.3) is 0 Å². The van der Waals surface area contributed by atoms with Gasteiger partial charge in [-0.05, 0) is 198 Å². The molecule has 1 aromatic rings. The Balaban J connectivity index is 0.997. The average molecular weight is 812 g/mol. The number of benzene rings is 1. The van der Waals surface area contributed by atoms with Gasteiger partial charge in [-0.3, -0.25) is 4.79 Å². The van der Waals surface area contributed by atoms with Gasteiger partial charge in [0.15, 0.2) is 0 Å². The van der Waals surface area contributed by atoms with Gasteiger partial charge < -0.3 is 20.3 Å². The predicted molar refractivity (Wildman–Crippen MR) is 236 cm³/mol. The molecule has 1 aromatic carbocycles. The molecule has 0 unspecified atom stereocenters. The fourth-order valence-corrected chi connectivity index (χ4v) is 16.0. The summed E-state index contributed by atoms with van der Waals surface area (Å²) in [6.07, 6.45) is 20.9. The quantitative estimate of drug-likeness (QED) is 0.162. The Morgan fingerprint density at radius 1 is 0.831 bits per heavy atom. The van der Waals surface area contributed by atoms with Gasteiger partial charge >= 0.3 is 5.97 Å². The Kier molecular flexibility index (Phi) is 11.2. The summed E-state index contributed by atoms with van der Waals surface area (Å²) in [4.78, 5) is 13.4. The number of nitrogens with one attached hydrogen (secondary N) is 1. The van der Waals surface area contributed by atoms with Crippen LogP contribution in [-0.2, 0) is 16.1 Å². The highest BCUT2D eigenvalue weighted by Gasteiger charge is 2.70. The zero-order valence-electron chi connectivity index (χ0n) is 37.9. The lowest BCUT2D eigenvalue weighted by Gasteiger charge is -2.72. The highest BCUT2D eigenvalue weighted by Crippen LogP contribution is 2.76. The molecule has 6 heteroatoms. The third-order valence-electron chi connectivity index (χ3n) is 19.8. The molecular weight excluding hydrogens is 734 g/mol. The van der Waals surface area contributed by atoms with Crippen molar-refractivity contribution in [3.63, 3.8) is 0 Å². The van der Waals surface area contributed by atoms with Crippen LogP contribution in [0.1, 0.15) is 163 Å². The SMILES string of the molecule is C=C(C)[C@@H]1CC[C@]2(NCC[C@]3(O)CC[C@](C)(O)CC3)CC[C@]3(C)[C@H](CC[C@@H]4[C@@]5(C)CC=C(C6=CC[C@](CF)(C(=O)OCc7ccccc7)CC6)C(C)(C)[C@@H]5CC[C@]43C)[C@@H]12. The van der Waals surface area contributed by atoms with Crippen LogP contribution in [0.5, 0.6) is 0 Å². The highest BCUT2D eigenvalue weighted by atomic mass is 19.1. The number of carbonyl (C=O) groups excluding carboxylic acids is 1. The van der Waals surface area contributed by atoms with Gasteiger partial charge in [-0.25, -0.2) is 4.39 Å². The van der Waals surface area contributed by atoms with Crippen molar-refractivity contribution in [2.45, 2.75) is 181 Å². The van der Waals surface area contributed by atoms with E-state index < -0.39 is 29.3 Å². The first-order chi connectivity index (χ1) is 27.8. The summed E-state index contributed by atoms with van der Waals surface area (Å²) in [5.74, 6) is 2.56. The Bertz CT molecular complexity index is 1820. The van der Waals surface area contributed by atoms with Crippen LogP contribution in [0.4, 0.5) is 4.39 Å². The topological polar surface area (TPSA) is 78.8 Å². The van der Waals surface area contributed by atoms with Gasteiger partial charge in [0, 0.05) is 5.54 Å². The van der Waals surface area contributed by atoms with Crippen LogP contribution in [0.15, 0.2) is 65.8 Å². The van der Waals surface area contributed by atoms with E-state index in [1.54, 1.807) is 0 Å². The molecule has 7 aliphatic rings. The van der Waals surface area contributed by atoms with E-state index in [1.165, 1.54) is 68.1 Å². The lowest BCUT2D eigenvalue weighted by Crippen LogP contribution is -2.68. The highest BCUT2D eigenvalue weighted by molar-refractivity contribution is 5.78. The van der Waals surface area contributed by atoms with E-state index in [4.69, 9.17) is 4.74 Å². The maximum Gasteiger partial charge on any atom is 0.315 e. The molecule has 7 aliphatic carbocycles. The van der Waals surface area contributed by atoms with Crippen molar-refractivity contribution >= 4 is 5.97 Å². The van der Waals surface area contributed by atoms with Gasteiger partial charge in [-0.15, -0.1) is 0 Å². The molecule has 0 heterocycles. The van der Waals surface area contributed by atoms with E-state index in [9.17, 15) is 19.4 Å². The molecule has 5 saturated carbocycles. The first kappa shape index (κ1) is 43.4.